The van der Waals surface area contributed by atoms with Crippen molar-refractivity contribution in [2.24, 2.45) is 10.9 Å². The second kappa shape index (κ2) is 8.71. The van der Waals surface area contributed by atoms with Crippen LogP contribution in [0.4, 0.5) is 5.69 Å². The molecular weight excluding hydrogens is 334 g/mol. The van der Waals surface area contributed by atoms with Gasteiger partial charge in [-0.2, -0.15) is 0 Å². The van der Waals surface area contributed by atoms with E-state index in [1.165, 1.54) is 0 Å². The van der Waals surface area contributed by atoms with Crippen LogP contribution in [0.15, 0.2) is 34.5 Å². The standard InChI is InChI=1S/C19H27N3O4/c1-11(2)18-20-13(4)12(3)19(22-18)26-10-17(23)21-14-7-8-15(24-5)16(9-14)25-6/h7-9,11,19H,10H2,1-6H3,(H,20,22)(H,21,23)/t19-/m1/s1. The van der Waals surface area contributed by atoms with Crippen molar-refractivity contribution >= 4 is 17.4 Å². The maximum Gasteiger partial charge on any atom is 0.250 e. The van der Waals surface area contributed by atoms with Gasteiger partial charge >= 0.3 is 0 Å². The third kappa shape index (κ3) is 4.76. The van der Waals surface area contributed by atoms with E-state index >= 15 is 0 Å². The quantitative estimate of drug-likeness (QED) is 0.780. The van der Waals surface area contributed by atoms with Crippen LogP contribution >= 0.6 is 0 Å². The molecule has 142 valence electrons. The third-order valence-electron chi connectivity index (χ3n) is 4.12. The molecule has 0 unspecified atom stereocenters. The smallest absolute Gasteiger partial charge is 0.250 e. The molecule has 0 spiro atoms. The number of anilines is 1. The molecule has 0 radical (unpaired) electrons. The first-order chi connectivity index (χ1) is 12.3. The van der Waals surface area contributed by atoms with Gasteiger partial charge in [0.05, 0.1) is 14.2 Å². The molecule has 0 aliphatic carbocycles. The highest BCUT2D eigenvalue weighted by atomic mass is 16.5. The summed E-state index contributed by atoms with van der Waals surface area (Å²) in [5.74, 6) is 2.00. The Morgan fingerprint density at radius 1 is 1.23 bits per heavy atom. The van der Waals surface area contributed by atoms with Gasteiger partial charge in [-0.3, -0.25) is 4.79 Å². The van der Waals surface area contributed by atoms with Crippen molar-refractivity contribution < 1.29 is 19.0 Å². The average Bonchev–Trinajstić information content (AvgIpc) is 2.62. The first-order valence-electron chi connectivity index (χ1n) is 8.51. The molecule has 1 aromatic rings. The predicted molar refractivity (Wildman–Crippen MR) is 102 cm³/mol. The van der Waals surface area contributed by atoms with E-state index in [1.54, 1.807) is 32.4 Å². The maximum atomic E-state index is 12.2. The largest absolute Gasteiger partial charge is 0.493 e. The highest BCUT2D eigenvalue weighted by Crippen LogP contribution is 2.29. The van der Waals surface area contributed by atoms with Gasteiger partial charge in [0, 0.05) is 23.4 Å². The molecule has 0 fully saturated rings. The molecule has 2 rings (SSSR count). The molecule has 1 aromatic carbocycles. The third-order valence-corrected chi connectivity index (χ3v) is 4.12. The topological polar surface area (TPSA) is 81.2 Å². The number of benzene rings is 1. The summed E-state index contributed by atoms with van der Waals surface area (Å²) in [6.07, 6.45) is -0.454. The summed E-state index contributed by atoms with van der Waals surface area (Å²) >= 11 is 0. The molecule has 0 bridgehead atoms. The minimum atomic E-state index is -0.454. The van der Waals surface area contributed by atoms with Crippen LogP contribution in [0.3, 0.4) is 0 Å². The second-order valence-electron chi connectivity index (χ2n) is 6.38. The number of carbonyl (C=O) groups excluding carboxylic acids is 1. The van der Waals surface area contributed by atoms with Gasteiger partial charge in [0.1, 0.15) is 12.4 Å². The van der Waals surface area contributed by atoms with Crippen molar-refractivity contribution in [1.29, 1.82) is 0 Å². The van der Waals surface area contributed by atoms with E-state index < -0.39 is 6.23 Å². The number of nitrogens with one attached hydrogen (secondary N) is 2. The van der Waals surface area contributed by atoms with E-state index in [1.807, 2.05) is 13.8 Å². The summed E-state index contributed by atoms with van der Waals surface area (Å²) in [6, 6.07) is 5.18. The zero-order valence-corrected chi connectivity index (χ0v) is 16.2. The molecule has 1 aliphatic heterocycles. The van der Waals surface area contributed by atoms with Crippen molar-refractivity contribution in [2.45, 2.75) is 33.9 Å². The van der Waals surface area contributed by atoms with Gasteiger partial charge in [-0.15, -0.1) is 0 Å². The first-order valence-corrected chi connectivity index (χ1v) is 8.51. The normalized spacial score (nSPS) is 16.9. The Morgan fingerprint density at radius 3 is 2.54 bits per heavy atom. The van der Waals surface area contributed by atoms with E-state index in [0.29, 0.717) is 17.2 Å². The molecule has 26 heavy (non-hydrogen) atoms. The molecule has 0 saturated heterocycles. The number of hydrogen-bond donors (Lipinski definition) is 2. The van der Waals surface area contributed by atoms with Gasteiger partial charge in [0.25, 0.3) is 0 Å². The number of ether oxygens (including phenoxy) is 3. The number of nitrogens with zero attached hydrogens (tertiary/aromatic N) is 1. The van der Waals surface area contributed by atoms with Crippen LogP contribution in [0.1, 0.15) is 27.7 Å². The number of amides is 1. The van der Waals surface area contributed by atoms with Crippen molar-refractivity contribution in [3.05, 3.63) is 29.5 Å². The minimum Gasteiger partial charge on any atom is -0.493 e. The summed E-state index contributed by atoms with van der Waals surface area (Å²) in [5.41, 5.74) is 2.58. The van der Waals surface area contributed by atoms with Crippen LogP contribution in [-0.2, 0) is 9.53 Å². The molecule has 2 N–H and O–H groups in total. The van der Waals surface area contributed by atoms with Crippen molar-refractivity contribution in [3.8, 4) is 11.5 Å². The lowest BCUT2D eigenvalue weighted by molar-refractivity contribution is -0.121. The lowest BCUT2D eigenvalue weighted by Crippen LogP contribution is -2.36. The Morgan fingerprint density at radius 2 is 1.92 bits per heavy atom. The van der Waals surface area contributed by atoms with E-state index in [9.17, 15) is 4.79 Å². The van der Waals surface area contributed by atoms with Crippen molar-refractivity contribution in [1.82, 2.24) is 5.32 Å². The molecular formula is C19H27N3O4. The molecule has 1 aliphatic rings. The van der Waals surface area contributed by atoms with Gasteiger partial charge in [-0.25, -0.2) is 4.99 Å². The number of allylic oxidation sites excluding steroid dienone is 1. The number of rotatable bonds is 7. The summed E-state index contributed by atoms with van der Waals surface area (Å²) in [6.45, 7) is 7.94. The molecule has 7 nitrogen and oxygen atoms in total. The fourth-order valence-electron chi connectivity index (χ4n) is 2.45. The second-order valence-corrected chi connectivity index (χ2v) is 6.38. The molecule has 0 saturated carbocycles. The Hall–Kier alpha value is -2.54. The number of aliphatic imine (C=N–C) groups is 1. The summed E-state index contributed by atoms with van der Waals surface area (Å²) in [4.78, 5) is 16.8. The van der Waals surface area contributed by atoms with Gasteiger partial charge in [0.15, 0.2) is 17.7 Å². The monoisotopic (exact) mass is 361 g/mol. The van der Waals surface area contributed by atoms with Gasteiger partial charge in [0.2, 0.25) is 5.91 Å². The minimum absolute atomic E-state index is 0.0987. The summed E-state index contributed by atoms with van der Waals surface area (Å²) < 4.78 is 16.1. The lowest BCUT2D eigenvalue weighted by atomic mass is 10.1. The van der Waals surface area contributed by atoms with E-state index in [-0.39, 0.29) is 18.4 Å². The molecule has 0 aromatic heterocycles. The van der Waals surface area contributed by atoms with Crippen LogP contribution in [0.2, 0.25) is 0 Å². The number of methoxy groups -OCH3 is 2. The SMILES string of the molecule is COc1ccc(NC(=O)CO[C@H]2N=C(C(C)C)NC(C)=C2C)cc1OC. The van der Waals surface area contributed by atoms with Crippen LogP contribution in [0.5, 0.6) is 11.5 Å². The van der Waals surface area contributed by atoms with Crippen LogP contribution < -0.4 is 20.1 Å². The van der Waals surface area contributed by atoms with Gasteiger partial charge < -0.3 is 24.8 Å². The average molecular weight is 361 g/mol. The van der Waals surface area contributed by atoms with Gasteiger partial charge in [-0.05, 0) is 31.6 Å². The zero-order valence-electron chi connectivity index (χ0n) is 16.2. The lowest BCUT2D eigenvalue weighted by Gasteiger charge is -2.26. The summed E-state index contributed by atoms with van der Waals surface area (Å²) in [5, 5.41) is 6.06. The van der Waals surface area contributed by atoms with E-state index in [0.717, 1.165) is 17.1 Å². The van der Waals surface area contributed by atoms with Crippen LogP contribution in [0, 0.1) is 5.92 Å². The number of amidine groups is 1. The Kier molecular flexibility index (Phi) is 6.63. The molecule has 1 amide bonds. The first kappa shape index (κ1) is 19.8. The Balaban J connectivity index is 1.99. The Labute approximate surface area is 154 Å². The maximum absolute atomic E-state index is 12.2. The molecule has 1 heterocycles. The highest BCUT2D eigenvalue weighted by Gasteiger charge is 2.22. The van der Waals surface area contributed by atoms with E-state index in [2.05, 4.69) is 29.5 Å². The van der Waals surface area contributed by atoms with Crippen molar-refractivity contribution in [3.63, 3.8) is 0 Å². The summed E-state index contributed by atoms with van der Waals surface area (Å²) in [7, 11) is 3.11. The molecule has 1 atom stereocenters. The van der Waals surface area contributed by atoms with Crippen LogP contribution in [0.25, 0.3) is 0 Å². The number of carbonyl (C=O) groups is 1. The van der Waals surface area contributed by atoms with E-state index in [4.69, 9.17) is 14.2 Å². The van der Waals surface area contributed by atoms with Crippen LogP contribution in [-0.4, -0.2) is 38.8 Å². The predicted octanol–water partition coefficient (Wildman–Crippen LogP) is 2.94. The number of hydrogen-bond acceptors (Lipinski definition) is 6. The zero-order chi connectivity index (χ0) is 19.3. The fourth-order valence-corrected chi connectivity index (χ4v) is 2.45. The Bertz CT molecular complexity index is 725. The van der Waals surface area contributed by atoms with Gasteiger partial charge in [-0.1, -0.05) is 13.8 Å². The fraction of sp³-hybridized carbons (Fsp3) is 0.474. The highest BCUT2D eigenvalue weighted by molar-refractivity contribution is 5.92. The molecule has 7 heteroatoms. The van der Waals surface area contributed by atoms with Crippen molar-refractivity contribution in [2.75, 3.05) is 26.1 Å².